The molecular formula is C62H100N7O30P. The Morgan fingerprint density at radius 1 is 0.460 bits per heavy atom. The van der Waals surface area contributed by atoms with Crippen LogP contribution in [0.3, 0.4) is 0 Å². The van der Waals surface area contributed by atoms with E-state index in [4.69, 9.17) is 61.4 Å². The first-order chi connectivity index (χ1) is 47.8. The zero-order valence-electron chi connectivity index (χ0n) is 56.4. The number of amides is 6. The molecule has 0 radical (unpaired) electrons. The Kier molecular flexibility index (Phi) is 38.7. The van der Waals surface area contributed by atoms with Crippen molar-refractivity contribution in [3.63, 3.8) is 0 Å². The third-order valence-corrected chi connectivity index (χ3v) is 15.9. The molecule has 0 saturated carbocycles. The number of hydrogen-bond donors (Lipinski definition) is 16. The van der Waals surface area contributed by atoms with Crippen molar-refractivity contribution in [3.05, 3.63) is 54.1 Å². The first-order valence-corrected chi connectivity index (χ1v) is 34.6. The summed E-state index contributed by atoms with van der Waals surface area (Å²) < 4.78 is 84.4. The Morgan fingerprint density at radius 3 is 1.09 bits per heavy atom. The zero-order valence-corrected chi connectivity index (χ0v) is 57.3. The number of nitrogens with zero attached hydrogens (tertiary/aromatic N) is 1. The second kappa shape index (κ2) is 45.5. The minimum Gasteiger partial charge on any atom is -0.425 e. The zero-order chi connectivity index (χ0) is 73.2. The molecule has 0 aliphatic carbocycles. The highest BCUT2D eigenvalue weighted by Gasteiger charge is 2.48. The molecule has 38 heteroatoms. The van der Waals surface area contributed by atoms with Gasteiger partial charge in [-0.25, -0.2) is 4.57 Å². The summed E-state index contributed by atoms with van der Waals surface area (Å²) in [6.45, 7) is 2.23. The quantitative estimate of drug-likeness (QED) is 0.0216. The molecule has 100 heavy (non-hydrogen) atoms. The number of nitrogens with one attached hydrogen (secondary N) is 6. The van der Waals surface area contributed by atoms with Crippen LogP contribution in [0.15, 0.2) is 48.5 Å². The number of carbonyl (C=O) groups excluding carboxylic acids is 6. The van der Waals surface area contributed by atoms with Crippen molar-refractivity contribution >= 4 is 43.0 Å². The Morgan fingerprint density at radius 2 is 0.770 bits per heavy atom. The lowest BCUT2D eigenvalue weighted by Crippen LogP contribution is -2.64. The van der Waals surface area contributed by atoms with Crippen LogP contribution in [0, 0.1) is 0 Å². The van der Waals surface area contributed by atoms with E-state index in [0.29, 0.717) is 5.56 Å². The van der Waals surface area contributed by atoms with Gasteiger partial charge in [-0.3, -0.25) is 33.7 Å². The van der Waals surface area contributed by atoms with Crippen LogP contribution in [0.4, 0.5) is 0 Å². The highest BCUT2D eigenvalue weighted by molar-refractivity contribution is 7.52. The minimum atomic E-state index is -3.82. The monoisotopic (exact) mass is 1450 g/mol. The summed E-state index contributed by atoms with van der Waals surface area (Å²) >= 11 is 0. The van der Waals surface area contributed by atoms with Gasteiger partial charge in [0.1, 0.15) is 78.8 Å². The number of hydrogen-bond acceptors (Lipinski definition) is 30. The summed E-state index contributed by atoms with van der Waals surface area (Å²) in [5, 5.41) is 107. The number of rotatable bonds is 47. The summed E-state index contributed by atoms with van der Waals surface area (Å²) in [5.74, 6) is -3.08. The first kappa shape index (κ1) is 85.0. The maximum Gasteiger partial charge on any atom is 0.373 e. The van der Waals surface area contributed by atoms with E-state index in [1.165, 1.54) is 25.7 Å². The lowest BCUT2D eigenvalue weighted by atomic mass is 9.97. The molecule has 3 fully saturated rings. The molecule has 17 unspecified atom stereocenters. The van der Waals surface area contributed by atoms with Crippen LogP contribution in [0.25, 0.3) is 11.1 Å². The Bertz CT molecular complexity index is 2700. The van der Waals surface area contributed by atoms with Gasteiger partial charge in [-0.15, -0.1) is 0 Å². The van der Waals surface area contributed by atoms with E-state index in [1.54, 1.807) is 48.5 Å². The third kappa shape index (κ3) is 30.0. The standard InChI is InChI=1S/C62H100N7O30P/c1-37(73)66-50-56(81)53(78)45(34-70)96-60(50)93-28-25-90-22-19-87-16-13-63-48(76)32-69(33-49(77)64-14-17-88-20-23-91-26-29-94-61-51(67-38(2)74)57(82)54(79)46(35-71)97-61)44(31-40-5-7-41(8-6-40)42-9-11-43(12-10-42)99-100(4,85)86)59(84)65-15-18-89-21-24-92-27-30-95-62-52(68-39(3)75)58(83)55(80)47(36-72)98-62/h5-12,44-47,50-58,60-62,70-72,78-83H,13-36H2,1-4H3,(H,63,76)(H,64,77)(H,65,84)(H,66,73)(H,67,74)(H,68,75)(H,85,86). The van der Waals surface area contributed by atoms with E-state index >= 15 is 0 Å². The van der Waals surface area contributed by atoms with Crippen molar-refractivity contribution < 1.29 is 146 Å². The molecule has 37 nitrogen and oxygen atoms in total. The maximum absolute atomic E-state index is 14.5. The van der Waals surface area contributed by atoms with Gasteiger partial charge in [0.05, 0.1) is 138 Å². The van der Waals surface area contributed by atoms with Crippen LogP contribution in [-0.4, -0.2) is 347 Å². The molecule has 0 spiro atoms. The van der Waals surface area contributed by atoms with E-state index in [2.05, 4.69) is 31.9 Å². The van der Waals surface area contributed by atoms with Gasteiger partial charge in [0.2, 0.25) is 35.4 Å². The van der Waals surface area contributed by atoms with E-state index < -0.39 is 174 Å². The van der Waals surface area contributed by atoms with Crippen LogP contribution < -0.4 is 36.4 Å². The predicted molar refractivity (Wildman–Crippen MR) is 345 cm³/mol. The van der Waals surface area contributed by atoms with Crippen molar-refractivity contribution in [1.29, 1.82) is 0 Å². The Balaban J connectivity index is 1.18. The maximum atomic E-state index is 14.5. The molecule has 0 bridgehead atoms. The minimum absolute atomic E-state index is 0.000530. The number of ether oxygens (including phenoxy) is 12. The van der Waals surface area contributed by atoms with Crippen LogP contribution in [0.1, 0.15) is 26.3 Å². The average molecular weight is 1450 g/mol. The molecule has 568 valence electrons. The molecule has 3 saturated heterocycles. The predicted octanol–water partition coefficient (Wildman–Crippen LogP) is -6.91. The fourth-order valence-electron chi connectivity index (χ4n) is 10.5. The first-order valence-electron chi connectivity index (χ1n) is 32.6. The lowest BCUT2D eigenvalue weighted by molar-refractivity contribution is -0.272. The van der Waals surface area contributed by atoms with Crippen molar-refractivity contribution in [1.82, 2.24) is 36.8 Å². The fourth-order valence-corrected chi connectivity index (χ4v) is 11.0. The highest BCUT2D eigenvalue weighted by Crippen LogP contribution is 2.38. The molecular weight excluding hydrogens is 1350 g/mol. The lowest BCUT2D eigenvalue weighted by Gasteiger charge is -2.42. The summed E-state index contributed by atoms with van der Waals surface area (Å²) in [6.07, 6.45) is -16.1. The second-order valence-corrected chi connectivity index (χ2v) is 25.1. The van der Waals surface area contributed by atoms with Gasteiger partial charge in [0.15, 0.2) is 18.9 Å². The second-order valence-electron chi connectivity index (χ2n) is 23.3. The summed E-state index contributed by atoms with van der Waals surface area (Å²) in [7, 11) is -3.82. The van der Waals surface area contributed by atoms with Gasteiger partial charge in [0.25, 0.3) is 0 Å². The fraction of sp³-hybridized carbons (Fsp3) is 0.710. The van der Waals surface area contributed by atoms with Crippen molar-refractivity contribution in [3.8, 4) is 16.9 Å². The van der Waals surface area contributed by atoms with Crippen molar-refractivity contribution in [2.75, 3.05) is 158 Å². The molecule has 2 aromatic carbocycles. The number of aliphatic hydroxyl groups is 9. The summed E-state index contributed by atoms with van der Waals surface area (Å²) in [6, 6.07) is 9.05. The molecule has 0 aromatic heterocycles. The molecule has 5 rings (SSSR count). The molecule has 16 N–H and O–H groups in total. The van der Waals surface area contributed by atoms with E-state index in [-0.39, 0.29) is 131 Å². The number of benzene rings is 2. The topological polar surface area (TPSA) is 517 Å². The van der Waals surface area contributed by atoms with E-state index in [9.17, 15) is 84.2 Å². The van der Waals surface area contributed by atoms with Crippen LogP contribution in [0.5, 0.6) is 5.75 Å². The highest BCUT2D eigenvalue weighted by atomic mass is 31.2. The number of carbonyl (C=O) groups is 6. The third-order valence-electron chi connectivity index (χ3n) is 15.4. The van der Waals surface area contributed by atoms with E-state index in [1.807, 2.05) is 0 Å². The molecule has 3 heterocycles. The van der Waals surface area contributed by atoms with Crippen molar-refractivity contribution in [2.24, 2.45) is 0 Å². The van der Waals surface area contributed by atoms with Gasteiger partial charge >= 0.3 is 7.60 Å². The van der Waals surface area contributed by atoms with Gasteiger partial charge in [0, 0.05) is 47.1 Å². The van der Waals surface area contributed by atoms with Gasteiger partial charge in [-0.2, -0.15) is 0 Å². The van der Waals surface area contributed by atoms with E-state index in [0.717, 1.165) is 17.8 Å². The van der Waals surface area contributed by atoms with Crippen LogP contribution in [-0.2, 0) is 96.6 Å². The normalized spacial score (nSPS) is 26.2. The largest absolute Gasteiger partial charge is 0.425 e. The summed E-state index contributed by atoms with van der Waals surface area (Å²) in [5.41, 5.74) is 2.11. The average Bonchev–Trinajstić information content (AvgIpc) is 0.832. The molecule has 2 aromatic rings. The number of aliphatic hydroxyl groups excluding tert-OH is 9. The van der Waals surface area contributed by atoms with Crippen LogP contribution in [0.2, 0.25) is 0 Å². The Hall–Kier alpha value is -5.63. The Labute approximate surface area is 578 Å². The smallest absolute Gasteiger partial charge is 0.373 e. The molecule has 3 aliphatic heterocycles. The van der Waals surface area contributed by atoms with Crippen molar-refractivity contribution in [2.45, 2.75) is 125 Å². The van der Waals surface area contributed by atoms with Crippen LogP contribution >= 0.6 is 7.60 Å². The molecule has 6 amide bonds. The van der Waals surface area contributed by atoms with Gasteiger partial charge in [-0.1, -0.05) is 36.4 Å². The van der Waals surface area contributed by atoms with Gasteiger partial charge in [-0.05, 0) is 35.2 Å². The summed E-state index contributed by atoms with van der Waals surface area (Å²) in [4.78, 5) is 88.5. The molecule has 3 aliphatic rings. The SMILES string of the molecule is CC(=O)NC1C(OCCOCCOCCNC(=O)CN(CC(=O)NCCOCCOCCOC2OC(CO)C(O)C(O)C2NC(C)=O)C(Cc2ccc(-c3ccc(OP(C)(=O)O)cc3)cc2)C(=O)NCCOCCOCCOC2OC(CO)C(O)C(O)C2NC(C)=O)OC(CO)C(O)C1O. The molecule has 17 atom stereocenters. The van der Waals surface area contributed by atoms with Gasteiger partial charge < -0.3 is 144 Å².